The summed E-state index contributed by atoms with van der Waals surface area (Å²) in [7, 11) is -0.815. The molecule has 1 heterocycles. The molecular formula is C26H26N2O5S. The third-order valence-electron chi connectivity index (χ3n) is 5.49. The maximum Gasteiger partial charge on any atom is 0.264 e. The molecule has 176 valence electrons. The summed E-state index contributed by atoms with van der Waals surface area (Å²) in [6.45, 7) is 3.66. The SMILES string of the molecule is COc1ccc(-c2nc(CN(c3ccccc3OC)S(=O)(=O)c3ccc(C)cc3)c(C)o2)cc1. The molecule has 0 aliphatic rings. The van der Waals surface area contributed by atoms with Gasteiger partial charge in [0.25, 0.3) is 10.0 Å². The van der Waals surface area contributed by atoms with Crippen LogP contribution in [0.15, 0.2) is 82.1 Å². The van der Waals surface area contributed by atoms with Crippen molar-refractivity contribution in [3.63, 3.8) is 0 Å². The number of oxazole rings is 1. The van der Waals surface area contributed by atoms with E-state index >= 15 is 0 Å². The molecule has 8 heteroatoms. The van der Waals surface area contributed by atoms with Crippen LogP contribution in [-0.4, -0.2) is 27.6 Å². The second-order valence-corrected chi connectivity index (χ2v) is 9.61. The summed E-state index contributed by atoms with van der Waals surface area (Å²) in [5.74, 6) is 2.10. The quantitative estimate of drug-likeness (QED) is 0.339. The number of benzene rings is 3. The van der Waals surface area contributed by atoms with E-state index in [0.717, 1.165) is 16.9 Å². The first kappa shape index (κ1) is 23.4. The van der Waals surface area contributed by atoms with Crippen molar-refractivity contribution in [3.05, 3.63) is 89.8 Å². The van der Waals surface area contributed by atoms with Crippen LogP contribution < -0.4 is 13.8 Å². The van der Waals surface area contributed by atoms with Crippen molar-refractivity contribution in [3.8, 4) is 23.0 Å². The van der Waals surface area contributed by atoms with Crippen molar-refractivity contribution in [2.45, 2.75) is 25.3 Å². The number of hydrogen-bond donors (Lipinski definition) is 0. The highest BCUT2D eigenvalue weighted by atomic mass is 32.2. The van der Waals surface area contributed by atoms with E-state index in [0.29, 0.717) is 28.8 Å². The summed E-state index contributed by atoms with van der Waals surface area (Å²) in [5.41, 5.74) is 2.66. The van der Waals surface area contributed by atoms with Gasteiger partial charge in [-0.25, -0.2) is 13.4 Å². The molecule has 0 N–H and O–H groups in total. The Balaban J connectivity index is 1.77. The van der Waals surface area contributed by atoms with Gasteiger partial charge in [0.05, 0.1) is 31.3 Å². The van der Waals surface area contributed by atoms with Crippen molar-refractivity contribution >= 4 is 15.7 Å². The molecule has 0 fully saturated rings. The number of para-hydroxylation sites is 2. The van der Waals surface area contributed by atoms with Crippen LogP contribution in [-0.2, 0) is 16.6 Å². The molecule has 34 heavy (non-hydrogen) atoms. The van der Waals surface area contributed by atoms with Gasteiger partial charge in [0, 0.05) is 5.56 Å². The van der Waals surface area contributed by atoms with E-state index < -0.39 is 10.0 Å². The molecule has 0 aliphatic heterocycles. The van der Waals surface area contributed by atoms with Crippen molar-refractivity contribution in [1.82, 2.24) is 4.98 Å². The van der Waals surface area contributed by atoms with Crippen LogP contribution in [0, 0.1) is 13.8 Å². The van der Waals surface area contributed by atoms with Gasteiger partial charge in [-0.1, -0.05) is 29.8 Å². The summed E-state index contributed by atoms with van der Waals surface area (Å²) in [6.07, 6.45) is 0. The van der Waals surface area contributed by atoms with Crippen molar-refractivity contribution in [1.29, 1.82) is 0 Å². The number of anilines is 1. The summed E-state index contributed by atoms with van der Waals surface area (Å²) in [4.78, 5) is 4.80. The van der Waals surface area contributed by atoms with Crippen LogP contribution in [0.2, 0.25) is 0 Å². The van der Waals surface area contributed by atoms with Gasteiger partial charge in [-0.3, -0.25) is 4.31 Å². The Morgan fingerprint density at radius 1 is 0.882 bits per heavy atom. The summed E-state index contributed by atoms with van der Waals surface area (Å²) in [6, 6.07) is 21.1. The molecule has 0 bridgehead atoms. The lowest BCUT2D eigenvalue weighted by Crippen LogP contribution is -2.31. The van der Waals surface area contributed by atoms with Crippen LogP contribution >= 0.6 is 0 Å². The Labute approximate surface area is 199 Å². The average Bonchev–Trinajstić information content (AvgIpc) is 3.22. The Hall–Kier alpha value is -3.78. The predicted molar refractivity (Wildman–Crippen MR) is 131 cm³/mol. The second-order valence-electron chi connectivity index (χ2n) is 7.75. The summed E-state index contributed by atoms with van der Waals surface area (Å²) in [5, 5.41) is 0. The molecule has 4 rings (SSSR count). The number of aromatic nitrogens is 1. The minimum atomic E-state index is -3.93. The molecule has 0 radical (unpaired) electrons. The molecule has 0 atom stereocenters. The van der Waals surface area contributed by atoms with E-state index in [1.807, 2.05) is 31.2 Å². The number of sulfonamides is 1. The third kappa shape index (κ3) is 4.63. The van der Waals surface area contributed by atoms with Crippen LogP contribution in [0.5, 0.6) is 11.5 Å². The molecule has 0 saturated heterocycles. The van der Waals surface area contributed by atoms with Crippen LogP contribution in [0.4, 0.5) is 5.69 Å². The fourth-order valence-corrected chi connectivity index (χ4v) is 4.98. The number of methoxy groups -OCH3 is 2. The number of ether oxygens (including phenoxy) is 2. The minimum Gasteiger partial charge on any atom is -0.497 e. The van der Waals surface area contributed by atoms with Gasteiger partial charge in [-0.2, -0.15) is 0 Å². The van der Waals surface area contributed by atoms with E-state index in [1.54, 1.807) is 62.6 Å². The van der Waals surface area contributed by atoms with Gasteiger partial charge in [0.2, 0.25) is 5.89 Å². The lowest BCUT2D eigenvalue weighted by molar-refractivity contribution is 0.415. The predicted octanol–water partition coefficient (Wildman–Crippen LogP) is 5.37. The maximum atomic E-state index is 13.8. The smallest absolute Gasteiger partial charge is 0.264 e. The molecule has 0 spiro atoms. The Bertz CT molecular complexity index is 1380. The fourth-order valence-electron chi connectivity index (χ4n) is 3.54. The fraction of sp³-hybridized carbons (Fsp3) is 0.192. The van der Waals surface area contributed by atoms with Gasteiger partial charge >= 0.3 is 0 Å². The van der Waals surface area contributed by atoms with Gasteiger partial charge in [-0.05, 0) is 62.4 Å². The van der Waals surface area contributed by atoms with E-state index in [4.69, 9.17) is 13.9 Å². The topological polar surface area (TPSA) is 81.9 Å². The van der Waals surface area contributed by atoms with Gasteiger partial charge in [0.15, 0.2) is 0 Å². The monoisotopic (exact) mass is 478 g/mol. The van der Waals surface area contributed by atoms with E-state index in [2.05, 4.69) is 4.98 Å². The molecule has 0 amide bonds. The summed E-state index contributed by atoms with van der Waals surface area (Å²) >= 11 is 0. The lowest BCUT2D eigenvalue weighted by Gasteiger charge is -2.25. The second kappa shape index (κ2) is 9.61. The zero-order valence-corrected chi connectivity index (χ0v) is 20.3. The number of aryl methyl sites for hydroxylation is 2. The van der Waals surface area contributed by atoms with E-state index in [1.165, 1.54) is 11.4 Å². The molecule has 0 saturated carbocycles. The number of rotatable bonds is 8. The van der Waals surface area contributed by atoms with Gasteiger partial charge < -0.3 is 13.9 Å². The van der Waals surface area contributed by atoms with Crippen LogP contribution in [0.3, 0.4) is 0 Å². The van der Waals surface area contributed by atoms with Gasteiger partial charge in [-0.15, -0.1) is 0 Å². The molecule has 1 aromatic heterocycles. The molecule has 0 aliphatic carbocycles. The maximum absolute atomic E-state index is 13.8. The van der Waals surface area contributed by atoms with Crippen molar-refractivity contribution < 1.29 is 22.3 Å². The third-order valence-corrected chi connectivity index (χ3v) is 7.26. The zero-order valence-electron chi connectivity index (χ0n) is 19.5. The average molecular weight is 479 g/mol. The first-order valence-corrected chi connectivity index (χ1v) is 12.1. The number of hydrogen-bond acceptors (Lipinski definition) is 6. The van der Waals surface area contributed by atoms with Crippen LogP contribution in [0.1, 0.15) is 17.0 Å². The standard InChI is InChI=1S/C26H26N2O5S/c1-18-9-15-22(16-10-18)34(29,30)28(24-7-5-6-8-25(24)32-4)17-23-19(2)33-26(27-23)20-11-13-21(31-3)14-12-20/h5-16H,17H2,1-4H3. The van der Waals surface area contributed by atoms with Crippen LogP contribution in [0.25, 0.3) is 11.5 Å². The van der Waals surface area contributed by atoms with E-state index in [9.17, 15) is 8.42 Å². The van der Waals surface area contributed by atoms with Crippen molar-refractivity contribution in [2.75, 3.05) is 18.5 Å². The molecule has 4 aromatic rings. The first-order valence-electron chi connectivity index (χ1n) is 10.7. The Morgan fingerprint density at radius 3 is 2.21 bits per heavy atom. The molecule has 3 aromatic carbocycles. The Kier molecular flexibility index (Phi) is 6.61. The van der Waals surface area contributed by atoms with Crippen molar-refractivity contribution in [2.24, 2.45) is 0 Å². The largest absolute Gasteiger partial charge is 0.497 e. The highest BCUT2D eigenvalue weighted by Gasteiger charge is 2.29. The molecular weight excluding hydrogens is 452 g/mol. The Morgan fingerprint density at radius 2 is 1.56 bits per heavy atom. The first-order chi connectivity index (χ1) is 16.3. The molecule has 0 unspecified atom stereocenters. The van der Waals surface area contributed by atoms with Gasteiger partial charge in [0.1, 0.15) is 23.0 Å². The normalized spacial score (nSPS) is 11.3. The molecule has 7 nitrogen and oxygen atoms in total. The van der Waals surface area contributed by atoms with E-state index in [-0.39, 0.29) is 11.4 Å². The lowest BCUT2D eigenvalue weighted by atomic mass is 10.2. The zero-order chi connectivity index (χ0) is 24.3. The number of nitrogens with zero attached hydrogens (tertiary/aromatic N) is 2. The summed E-state index contributed by atoms with van der Waals surface area (Å²) < 4.78 is 45.4. The highest BCUT2D eigenvalue weighted by molar-refractivity contribution is 7.92. The highest BCUT2D eigenvalue weighted by Crippen LogP contribution is 2.34. The minimum absolute atomic E-state index is 0.0257.